The Kier molecular flexibility index (Phi) is 5.35. The lowest BCUT2D eigenvalue weighted by atomic mass is 9.79. The summed E-state index contributed by atoms with van der Waals surface area (Å²) in [6.45, 7) is 3.73. The zero-order chi connectivity index (χ0) is 23.5. The summed E-state index contributed by atoms with van der Waals surface area (Å²) in [6.07, 6.45) is 2.56. The van der Waals surface area contributed by atoms with Crippen molar-refractivity contribution in [2.24, 2.45) is 5.41 Å². The van der Waals surface area contributed by atoms with Crippen molar-refractivity contribution < 1.29 is 17.9 Å². The number of ether oxygens (including phenoxy) is 1. The summed E-state index contributed by atoms with van der Waals surface area (Å²) in [5.41, 5.74) is 0.527. The number of nitrogens with zero attached hydrogens (tertiary/aromatic N) is 7. The third-order valence-electron chi connectivity index (χ3n) is 6.99. The molecule has 3 aliphatic heterocycles. The Morgan fingerprint density at radius 2 is 1.94 bits per heavy atom. The molecule has 1 atom stereocenters. The first-order chi connectivity index (χ1) is 16.3. The summed E-state index contributed by atoms with van der Waals surface area (Å²) in [5.74, 6) is 0.666. The van der Waals surface area contributed by atoms with Gasteiger partial charge in [0, 0.05) is 56.3 Å². The lowest BCUT2D eigenvalue weighted by molar-refractivity contribution is -0.141. The molecule has 1 unspecified atom stereocenters. The number of halogens is 4. The van der Waals surface area contributed by atoms with Crippen LogP contribution in [-0.2, 0) is 10.9 Å². The van der Waals surface area contributed by atoms with Gasteiger partial charge in [0.2, 0.25) is 5.95 Å². The van der Waals surface area contributed by atoms with Crippen LogP contribution in [0, 0.1) is 9.12 Å². The molecule has 0 saturated carbocycles. The van der Waals surface area contributed by atoms with E-state index in [4.69, 9.17) is 9.72 Å². The van der Waals surface area contributed by atoms with Gasteiger partial charge in [0.05, 0.1) is 5.39 Å². The van der Waals surface area contributed by atoms with Crippen LogP contribution in [0.25, 0.3) is 11.0 Å². The van der Waals surface area contributed by atoms with Crippen LogP contribution in [0.1, 0.15) is 37.6 Å². The number of anilines is 2. The van der Waals surface area contributed by atoms with Gasteiger partial charge < -0.3 is 14.5 Å². The van der Waals surface area contributed by atoms with Gasteiger partial charge in [-0.1, -0.05) is 0 Å². The molecule has 0 aliphatic carbocycles. The highest BCUT2D eigenvalue weighted by Crippen LogP contribution is 2.43. The molecular formula is C22H23F3IN7O. The maximum atomic E-state index is 13.0. The molecule has 12 heteroatoms. The number of aromatic nitrogens is 5. The second-order valence-corrected chi connectivity index (χ2v) is 10.4. The Morgan fingerprint density at radius 1 is 1.12 bits per heavy atom. The quantitative estimate of drug-likeness (QED) is 0.426. The SMILES string of the molecule is FC(F)(F)c1cc(N2CC3(CCN(c4ncc5c(I)nn(C6CCCCO6)c5n4)C3)C2)ccn1. The van der Waals surface area contributed by atoms with Gasteiger partial charge in [-0.25, -0.2) is 9.67 Å². The topological polar surface area (TPSA) is 72.2 Å². The molecule has 3 saturated heterocycles. The lowest BCUT2D eigenvalue weighted by Gasteiger charge is -2.49. The van der Waals surface area contributed by atoms with Gasteiger partial charge in [0.15, 0.2) is 11.9 Å². The van der Waals surface area contributed by atoms with E-state index < -0.39 is 11.9 Å². The molecular weight excluding hydrogens is 562 g/mol. The minimum absolute atomic E-state index is 0.0289. The van der Waals surface area contributed by atoms with Crippen LogP contribution in [0.4, 0.5) is 24.8 Å². The van der Waals surface area contributed by atoms with E-state index in [1.165, 1.54) is 6.20 Å². The molecule has 0 bridgehead atoms. The maximum Gasteiger partial charge on any atom is 0.433 e. The number of alkyl halides is 3. The smallest absolute Gasteiger partial charge is 0.370 e. The highest BCUT2D eigenvalue weighted by atomic mass is 127. The van der Waals surface area contributed by atoms with Crippen molar-refractivity contribution in [3.63, 3.8) is 0 Å². The van der Waals surface area contributed by atoms with E-state index in [1.807, 2.05) is 15.8 Å². The Bertz CT molecular complexity index is 1220. The second kappa shape index (κ2) is 8.18. The summed E-state index contributed by atoms with van der Waals surface area (Å²) in [7, 11) is 0. The molecule has 0 radical (unpaired) electrons. The van der Waals surface area contributed by atoms with Crippen molar-refractivity contribution in [2.75, 3.05) is 42.6 Å². The predicted octanol–water partition coefficient (Wildman–Crippen LogP) is 4.26. The van der Waals surface area contributed by atoms with Gasteiger partial charge in [-0.05, 0) is 60.4 Å². The number of rotatable bonds is 3. The Hall–Kier alpha value is -2.22. The molecule has 6 heterocycles. The first-order valence-electron chi connectivity index (χ1n) is 11.4. The van der Waals surface area contributed by atoms with Crippen LogP contribution in [-0.4, -0.2) is 57.5 Å². The molecule has 1 spiro atoms. The lowest BCUT2D eigenvalue weighted by Crippen LogP contribution is -2.57. The summed E-state index contributed by atoms with van der Waals surface area (Å²) >= 11 is 2.21. The Balaban J connectivity index is 1.19. The summed E-state index contributed by atoms with van der Waals surface area (Å²) in [4.78, 5) is 17.1. The van der Waals surface area contributed by atoms with Gasteiger partial charge in [-0.15, -0.1) is 0 Å². The van der Waals surface area contributed by atoms with Gasteiger partial charge >= 0.3 is 6.18 Å². The fourth-order valence-electron chi connectivity index (χ4n) is 5.23. The third-order valence-corrected chi connectivity index (χ3v) is 7.79. The number of hydrogen-bond donors (Lipinski definition) is 0. The van der Waals surface area contributed by atoms with Crippen LogP contribution < -0.4 is 9.80 Å². The van der Waals surface area contributed by atoms with Gasteiger partial charge in [-0.2, -0.15) is 23.3 Å². The molecule has 180 valence electrons. The van der Waals surface area contributed by atoms with Crippen LogP contribution in [0.3, 0.4) is 0 Å². The van der Waals surface area contributed by atoms with E-state index in [1.54, 1.807) is 6.07 Å². The maximum absolute atomic E-state index is 13.0. The monoisotopic (exact) mass is 585 g/mol. The number of pyridine rings is 1. The summed E-state index contributed by atoms with van der Waals surface area (Å²) < 4.78 is 47.8. The first-order valence-corrected chi connectivity index (χ1v) is 12.4. The molecule has 0 N–H and O–H groups in total. The normalized spacial score (nSPS) is 22.5. The molecule has 34 heavy (non-hydrogen) atoms. The van der Waals surface area contributed by atoms with E-state index >= 15 is 0 Å². The molecule has 3 aromatic rings. The molecule has 3 aromatic heterocycles. The van der Waals surface area contributed by atoms with E-state index in [-0.39, 0.29) is 11.6 Å². The Morgan fingerprint density at radius 3 is 2.71 bits per heavy atom. The van der Waals surface area contributed by atoms with E-state index in [2.05, 4.69) is 42.6 Å². The number of fused-ring (bicyclic) bond motifs is 1. The zero-order valence-electron chi connectivity index (χ0n) is 18.3. The van der Waals surface area contributed by atoms with Crippen molar-refractivity contribution in [1.29, 1.82) is 0 Å². The van der Waals surface area contributed by atoms with E-state index in [0.29, 0.717) is 24.7 Å². The third kappa shape index (κ3) is 3.88. The molecule has 6 rings (SSSR count). The highest BCUT2D eigenvalue weighted by molar-refractivity contribution is 14.1. The van der Waals surface area contributed by atoms with Gasteiger partial charge in [0.25, 0.3) is 0 Å². The number of hydrogen-bond acceptors (Lipinski definition) is 7. The second-order valence-electron chi connectivity index (χ2n) is 9.39. The van der Waals surface area contributed by atoms with Gasteiger partial charge in [0.1, 0.15) is 9.39 Å². The summed E-state index contributed by atoms with van der Waals surface area (Å²) in [6, 6.07) is 2.77. The van der Waals surface area contributed by atoms with Crippen molar-refractivity contribution in [1.82, 2.24) is 24.7 Å². The standard InChI is InChI=1S/C22H23F3IN7O/c23-22(24,25)16-9-14(4-6-27-16)32-12-21(13-32)5-7-31(11-21)20-28-10-15-18(26)30-33(19(15)29-20)17-3-1-2-8-34-17/h4,6,9-10,17H,1-3,5,7-8,11-13H2. The molecule has 3 fully saturated rings. The van der Waals surface area contributed by atoms with E-state index in [0.717, 1.165) is 66.2 Å². The largest absolute Gasteiger partial charge is 0.433 e. The minimum Gasteiger partial charge on any atom is -0.370 e. The van der Waals surface area contributed by atoms with Crippen LogP contribution in [0.15, 0.2) is 24.5 Å². The zero-order valence-corrected chi connectivity index (χ0v) is 20.5. The fourth-order valence-corrected chi connectivity index (χ4v) is 5.84. The van der Waals surface area contributed by atoms with Crippen molar-refractivity contribution in [3.05, 3.63) is 33.9 Å². The average Bonchev–Trinajstić information content (AvgIpc) is 3.40. The van der Waals surface area contributed by atoms with Gasteiger partial charge in [-0.3, -0.25) is 4.98 Å². The molecule has 8 nitrogen and oxygen atoms in total. The fraction of sp³-hybridized carbons (Fsp3) is 0.545. The minimum atomic E-state index is -4.44. The first kappa shape index (κ1) is 22.3. The molecule has 3 aliphatic rings. The van der Waals surface area contributed by atoms with Crippen molar-refractivity contribution in [3.8, 4) is 0 Å². The van der Waals surface area contributed by atoms with Crippen LogP contribution in [0.5, 0.6) is 0 Å². The summed E-state index contributed by atoms with van der Waals surface area (Å²) in [5, 5.41) is 5.59. The Labute approximate surface area is 207 Å². The van der Waals surface area contributed by atoms with E-state index in [9.17, 15) is 13.2 Å². The molecule has 0 amide bonds. The van der Waals surface area contributed by atoms with Crippen molar-refractivity contribution >= 4 is 45.3 Å². The average molecular weight is 585 g/mol. The molecule has 0 aromatic carbocycles. The highest BCUT2D eigenvalue weighted by Gasteiger charge is 2.48. The van der Waals surface area contributed by atoms with Crippen molar-refractivity contribution in [2.45, 2.75) is 38.1 Å². The van der Waals surface area contributed by atoms with Crippen LogP contribution in [0.2, 0.25) is 0 Å². The predicted molar refractivity (Wildman–Crippen MR) is 128 cm³/mol. The van der Waals surface area contributed by atoms with Crippen LogP contribution >= 0.6 is 22.6 Å².